The fraction of sp³-hybridized carbons (Fsp3) is 0.929. The molecule has 2 unspecified atom stereocenters. The zero-order valence-electron chi connectivity index (χ0n) is 11.6. The number of nitrogens with zero attached hydrogens (tertiary/aromatic N) is 1. The van der Waals surface area contributed by atoms with E-state index in [4.69, 9.17) is 5.73 Å². The number of hydrogen-bond donors (Lipinski definition) is 2. The van der Waals surface area contributed by atoms with E-state index in [1.807, 2.05) is 0 Å². The number of aliphatic carboxylic acids is 1. The Morgan fingerprint density at radius 3 is 2.56 bits per heavy atom. The summed E-state index contributed by atoms with van der Waals surface area (Å²) in [6, 6.07) is 1.06. The van der Waals surface area contributed by atoms with Crippen molar-refractivity contribution in [3.63, 3.8) is 0 Å². The second-order valence-corrected chi connectivity index (χ2v) is 6.53. The molecule has 18 heavy (non-hydrogen) atoms. The first-order valence-corrected chi connectivity index (χ1v) is 7.20. The van der Waals surface area contributed by atoms with Crippen molar-refractivity contribution < 1.29 is 9.90 Å². The predicted molar refractivity (Wildman–Crippen MR) is 71.4 cm³/mol. The van der Waals surface area contributed by atoms with Gasteiger partial charge in [-0.05, 0) is 44.4 Å². The first-order chi connectivity index (χ1) is 8.42. The fourth-order valence-electron chi connectivity index (χ4n) is 3.18. The van der Waals surface area contributed by atoms with E-state index in [-0.39, 0.29) is 0 Å². The van der Waals surface area contributed by atoms with Crippen molar-refractivity contribution >= 4 is 5.97 Å². The van der Waals surface area contributed by atoms with Crippen LogP contribution in [0.25, 0.3) is 0 Å². The van der Waals surface area contributed by atoms with Gasteiger partial charge in [0.2, 0.25) is 0 Å². The molecule has 2 rings (SSSR count). The average Bonchev–Trinajstić information content (AvgIpc) is 3.09. The molecule has 2 fully saturated rings. The molecule has 0 aromatic carbocycles. The second-order valence-electron chi connectivity index (χ2n) is 6.53. The van der Waals surface area contributed by atoms with Gasteiger partial charge in [0.1, 0.15) is 5.54 Å². The minimum atomic E-state index is -0.993. The number of nitrogens with two attached hydrogens (primary N) is 1. The van der Waals surface area contributed by atoms with Crippen LogP contribution >= 0.6 is 0 Å². The van der Waals surface area contributed by atoms with E-state index >= 15 is 0 Å². The Morgan fingerprint density at radius 2 is 2.06 bits per heavy atom. The maximum absolute atomic E-state index is 11.3. The molecule has 0 radical (unpaired) electrons. The molecule has 2 atom stereocenters. The highest BCUT2D eigenvalue weighted by molar-refractivity contribution is 5.78. The predicted octanol–water partition coefficient (Wildman–Crippen LogP) is 1.83. The highest BCUT2D eigenvalue weighted by Crippen LogP contribution is 2.36. The minimum absolute atomic E-state index is 0.370. The van der Waals surface area contributed by atoms with E-state index in [1.54, 1.807) is 0 Å². The molecule has 4 nitrogen and oxygen atoms in total. The van der Waals surface area contributed by atoms with Gasteiger partial charge in [-0.15, -0.1) is 0 Å². The molecule has 0 bridgehead atoms. The molecule has 104 valence electrons. The van der Waals surface area contributed by atoms with Crippen LogP contribution in [0.4, 0.5) is 0 Å². The van der Waals surface area contributed by atoms with Crippen LogP contribution in [0.3, 0.4) is 0 Å². The van der Waals surface area contributed by atoms with Gasteiger partial charge in [0.05, 0.1) is 0 Å². The monoisotopic (exact) mass is 254 g/mol. The Hall–Kier alpha value is -0.610. The van der Waals surface area contributed by atoms with Crippen molar-refractivity contribution in [1.82, 2.24) is 4.90 Å². The zero-order chi connectivity index (χ0) is 13.3. The van der Waals surface area contributed by atoms with E-state index in [9.17, 15) is 9.90 Å². The van der Waals surface area contributed by atoms with Crippen molar-refractivity contribution in [2.24, 2.45) is 11.7 Å². The van der Waals surface area contributed by atoms with E-state index in [0.29, 0.717) is 30.8 Å². The molecule has 0 aromatic heterocycles. The quantitative estimate of drug-likeness (QED) is 0.785. The lowest BCUT2D eigenvalue weighted by Gasteiger charge is -2.41. The summed E-state index contributed by atoms with van der Waals surface area (Å²) in [5.41, 5.74) is 5.06. The van der Waals surface area contributed by atoms with Crippen molar-refractivity contribution in [3.05, 3.63) is 0 Å². The fourth-order valence-corrected chi connectivity index (χ4v) is 3.18. The third kappa shape index (κ3) is 3.04. The molecule has 2 saturated carbocycles. The molecule has 0 aromatic rings. The van der Waals surface area contributed by atoms with E-state index in [0.717, 1.165) is 19.4 Å². The lowest BCUT2D eigenvalue weighted by molar-refractivity contribution is -0.145. The summed E-state index contributed by atoms with van der Waals surface area (Å²) in [6.45, 7) is 5.53. The summed E-state index contributed by atoms with van der Waals surface area (Å²) in [6.07, 6.45) is 5.83. The Labute approximate surface area is 110 Å². The first-order valence-electron chi connectivity index (χ1n) is 7.20. The molecule has 4 heteroatoms. The van der Waals surface area contributed by atoms with Gasteiger partial charge in [0, 0.05) is 18.6 Å². The van der Waals surface area contributed by atoms with Crippen LogP contribution in [0.1, 0.15) is 52.4 Å². The topological polar surface area (TPSA) is 66.6 Å². The highest BCUT2D eigenvalue weighted by atomic mass is 16.4. The molecule has 2 aliphatic carbocycles. The third-order valence-electron chi connectivity index (χ3n) is 4.25. The standard InChI is InChI=1S/C14H26N2O2/c1-10(2)9-16(11-5-6-11)12-4-3-7-14(15,8-12)13(17)18/h10-12H,3-9,15H2,1-2H3,(H,17,18). The lowest BCUT2D eigenvalue weighted by atomic mass is 9.79. The van der Waals surface area contributed by atoms with Crippen LogP contribution in [0.15, 0.2) is 0 Å². The summed E-state index contributed by atoms with van der Waals surface area (Å²) in [7, 11) is 0. The van der Waals surface area contributed by atoms with Gasteiger partial charge in [-0.1, -0.05) is 13.8 Å². The van der Waals surface area contributed by atoms with Crippen LogP contribution in [0, 0.1) is 5.92 Å². The number of hydrogen-bond acceptors (Lipinski definition) is 3. The summed E-state index contributed by atoms with van der Waals surface area (Å²) in [5.74, 6) is -0.197. The zero-order valence-corrected chi connectivity index (χ0v) is 11.6. The largest absolute Gasteiger partial charge is 0.480 e. The van der Waals surface area contributed by atoms with Crippen molar-refractivity contribution in [2.45, 2.75) is 70.0 Å². The van der Waals surface area contributed by atoms with Gasteiger partial charge >= 0.3 is 5.97 Å². The summed E-state index contributed by atoms with van der Waals surface area (Å²) in [5, 5.41) is 9.29. The Morgan fingerprint density at radius 1 is 1.39 bits per heavy atom. The van der Waals surface area contributed by atoms with Crippen molar-refractivity contribution in [3.8, 4) is 0 Å². The molecular weight excluding hydrogens is 228 g/mol. The Balaban J connectivity index is 2.03. The van der Waals surface area contributed by atoms with Crippen LogP contribution in [0.2, 0.25) is 0 Å². The van der Waals surface area contributed by atoms with Gasteiger partial charge < -0.3 is 10.8 Å². The number of carbonyl (C=O) groups is 1. The van der Waals surface area contributed by atoms with Gasteiger partial charge in [0.25, 0.3) is 0 Å². The maximum Gasteiger partial charge on any atom is 0.323 e. The molecule has 0 saturated heterocycles. The van der Waals surface area contributed by atoms with Gasteiger partial charge in [-0.25, -0.2) is 0 Å². The summed E-state index contributed by atoms with van der Waals surface area (Å²) in [4.78, 5) is 13.8. The molecule has 0 amide bonds. The summed E-state index contributed by atoms with van der Waals surface area (Å²) < 4.78 is 0. The van der Waals surface area contributed by atoms with Crippen LogP contribution in [-0.2, 0) is 4.79 Å². The Bertz CT molecular complexity index is 315. The number of carboxylic acid groups (broad SMARTS) is 1. The van der Waals surface area contributed by atoms with E-state index in [1.165, 1.54) is 12.8 Å². The number of rotatable bonds is 5. The average molecular weight is 254 g/mol. The normalized spacial score (nSPS) is 33.1. The van der Waals surface area contributed by atoms with Gasteiger partial charge in [-0.2, -0.15) is 0 Å². The minimum Gasteiger partial charge on any atom is -0.480 e. The second kappa shape index (κ2) is 5.17. The van der Waals surface area contributed by atoms with Crippen LogP contribution in [0.5, 0.6) is 0 Å². The molecule has 0 heterocycles. The van der Waals surface area contributed by atoms with Crippen molar-refractivity contribution in [2.75, 3.05) is 6.54 Å². The van der Waals surface area contributed by atoms with Crippen molar-refractivity contribution in [1.29, 1.82) is 0 Å². The molecule has 0 spiro atoms. The molecule has 2 aliphatic rings. The van der Waals surface area contributed by atoms with Crippen LogP contribution in [-0.4, -0.2) is 40.1 Å². The van der Waals surface area contributed by atoms with Crippen LogP contribution < -0.4 is 5.73 Å². The lowest BCUT2D eigenvalue weighted by Crippen LogP contribution is -2.56. The molecular formula is C14H26N2O2. The van der Waals surface area contributed by atoms with E-state index < -0.39 is 11.5 Å². The van der Waals surface area contributed by atoms with E-state index in [2.05, 4.69) is 18.7 Å². The summed E-state index contributed by atoms with van der Waals surface area (Å²) >= 11 is 0. The Kier molecular flexibility index (Phi) is 3.97. The number of carboxylic acids is 1. The van der Waals surface area contributed by atoms with Gasteiger partial charge in [-0.3, -0.25) is 9.69 Å². The third-order valence-corrected chi connectivity index (χ3v) is 4.25. The molecule has 0 aliphatic heterocycles. The maximum atomic E-state index is 11.3. The highest BCUT2D eigenvalue weighted by Gasteiger charge is 2.44. The first kappa shape index (κ1) is 13.8. The van der Waals surface area contributed by atoms with Gasteiger partial charge in [0.15, 0.2) is 0 Å². The smallest absolute Gasteiger partial charge is 0.323 e. The molecule has 3 N–H and O–H groups in total. The SMILES string of the molecule is CC(C)CN(C1CC1)C1CCCC(N)(C(=O)O)C1.